The third-order valence-electron chi connectivity index (χ3n) is 4.89. The van der Waals surface area contributed by atoms with Gasteiger partial charge in [-0.1, -0.05) is 25.8 Å². The topological polar surface area (TPSA) is 90.5 Å². The molecule has 0 saturated heterocycles. The summed E-state index contributed by atoms with van der Waals surface area (Å²) in [5.41, 5.74) is 0.721. The largest absolute Gasteiger partial charge is 0.348 e. The molecule has 1 fully saturated rings. The van der Waals surface area contributed by atoms with Gasteiger partial charge in [0.1, 0.15) is 0 Å². The summed E-state index contributed by atoms with van der Waals surface area (Å²) < 4.78 is 0. The van der Waals surface area contributed by atoms with Gasteiger partial charge in [0.05, 0.1) is 5.41 Å². The first-order valence-corrected chi connectivity index (χ1v) is 9.53. The van der Waals surface area contributed by atoms with Gasteiger partial charge in [-0.25, -0.2) is 4.79 Å². The minimum Gasteiger partial charge on any atom is -0.348 e. The minimum atomic E-state index is -0.503. The molecule has 2 rings (SSSR count). The molecule has 0 spiro atoms. The van der Waals surface area contributed by atoms with Crippen molar-refractivity contribution in [2.45, 2.75) is 45.4 Å². The molecular formula is C20H30N4O3. The quantitative estimate of drug-likeness (QED) is 0.684. The number of benzene rings is 1. The van der Waals surface area contributed by atoms with E-state index < -0.39 is 5.41 Å². The number of rotatable bonds is 7. The van der Waals surface area contributed by atoms with Crippen LogP contribution in [-0.2, 0) is 9.59 Å². The fourth-order valence-corrected chi connectivity index (χ4v) is 3.54. The Morgan fingerprint density at radius 1 is 1.07 bits per heavy atom. The number of hydrogen-bond donors (Lipinski definition) is 3. The first-order chi connectivity index (χ1) is 12.9. The predicted octanol–water partition coefficient (Wildman–Crippen LogP) is 3.20. The van der Waals surface area contributed by atoms with Crippen LogP contribution in [0.5, 0.6) is 0 Å². The van der Waals surface area contributed by atoms with Crippen molar-refractivity contribution in [1.82, 2.24) is 10.2 Å². The van der Waals surface area contributed by atoms with E-state index in [1.807, 2.05) is 6.92 Å². The Kier molecular flexibility index (Phi) is 7.21. The van der Waals surface area contributed by atoms with Crippen LogP contribution in [0.2, 0.25) is 0 Å². The number of hydrogen-bond acceptors (Lipinski definition) is 3. The normalized spacial score (nSPS) is 15.1. The fraction of sp³-hybridized carbons (Fsp3) is 0.550. The Hall–Kier alpha value is -2.57. The summed E-state index contributed by atoms with van der Waals surface area (Å²) in [5, 5.41) is 8.42. The molecule has 0 heterocycles. The smallest absolute Gasteiger partial charge is 0.319 e. The number of urea groups is 1. The Balaban J connectivity index is 1.93. The second-order valence-electron chi connectivity index (χ2n) is 7.37. The van der Waals surface area contributed by atoms with Crippen LogP contribution in [0.25, 0.3) is 0 Å². The first-order valence-electron chi connectivity index (χ1n) is 9.53. The van der Waals surface area contributed by atoms with Gasteiger partial charge in [-0.15, -0.1) is 0 Å². The molecule has 1 aromatic carbocycles. The average molecular weight is 374 g/mol. The molecule has 0 radical (unpaired) electrons. The van der Waals surface area contributed by atoms with Gasteiger partial charge in [-0.3, -0.25) is 9.59 Å². The molecule has 0 bridgehead atoms. The summed E-state index contributed by atoms with van der Waals surface area (Å²) in [6.45, 7) is 2.27. The summed E-state index contributed by atoms with van der Waals surface area (Å²) in [6, 6.07) is 6.66. The zero-order valence-corrected chi connectivity index (χ0v) is 16.4. The standard InChI is InChI=1S/C20H30N4O3/c1-4-8-17(25)22-15-9-7-10-16(13-15)23-19(27)21-14-20(11-5-6-12-20)18(26)24(2)3/h7,9-10,13H,4-6,8,11-12,14H2,1-3H3,(H,22,25)(H2,21,23,27). The van der Waals surface area contributed by atoms with Crippen molar-refractivity contribution >= 4 is 29.2 Å². The van der Waals surface area contributed by atoms with Gasteiger partial charge in [0, 0.05) is 38.4 Å². The van der Waals surface area contributed by atoms with Gasteiger partial charge in [-0.2, -0.15) is 0 Å². The van der Waals surface area contributed by atoms with Crippen molar-refractivity contribution < 1.29 is 14.4 Å². The van der Waals surface area contributed by atoms with Crippen LogP contribution in [0.4, 0.5) is 16.2 Å². The summed E-state index contributed by atoms with van der Waals surface area (Å²) >= 11 is 0. The van der Waals surface area contributed by atoms with Crippen molar-refractivity contribution in [3.63, 3.8) is 0 Å². The summed E-state index contributed by atoms with van der Waals surface area (Å²) in [4.78, 5) is 38.2. The molecule has 7 heteroatoms. The van der Waals surface area contributed by atoms with Crippen molar-refractivity contribution in [2.24, 2.45) is 5.41 Å². The maximum Gasteiger partial charge on any atom is 0.319 e. The summed E-state index contributed by atoms with van der Waals surface area (Å²) in [6.07, 6.45) is 4.83. The van der Waals surface area contributed by atoms with E-state index in [4.69, 9.17) is 0 Å². The molecule has 0 aromatic heterocycles. The van der Waals surface area contributed by atoms with E-state index in [2.05, 4.69) is 16.0 Å². The Morgan fingerprint density at radius 2 is 1.70 bits per heavy atom. The maximum atomic E-state index is 12.6. The van der Waals surface area contributed by atoms with E-state index in [0.717, 1.165) is 32.1 Å². The minimum absolute atomic E-state index is 0.0514. The molecular weight excluding hydrogens is 344 g/mol. The highest BCUT2D eigenvalue weighted by atomic mass is 16.2. The Morgan fingerprint density at radius 3 is 2.30 bits per heavy atom. The molecule has 7 nitrogen and oxygen atoms in total. The molecule has 1 aliphatic carbocycles. The lowest BCUT2D eigenvalue weighted by Crippen LogP contribution is -2.47. The second-order valence-corrected chi connectivity index (χ2v) is 7.37. The van der Waals surface area contributed by atoms with Crippen LogP contribution < -0.4 is 16.0 Å². The molecule has 0 aliphatic heterocycles. The highest BCUT2D eigenvalue weighted by Gasteiger charge is 2.42. The van der Waals surface area contributed by atoms with Crippen molar-refractivity contribution in [3.8, 4) is 0 Å². The maximum absolute atomic E-state index is 12.6. The van der Waals surface area contributed by atoms with Gasteiger partial charge in [0.25, 0.3) is 0 Å². The van der Waals surface area contributed by atoms with Crippen molar-refractivity contribution in [1.29, 1.82) is 0 Å². The zero-order valence-electron chi connectivity index (χ0n) is 16.4. The van der Waals surface area contributed by atoms with Crippen LogP contribution in [0, 0.1) is 5.41 Å². The van der Waals surface area contributed by atoms with Crippen LogP contribution >= 0.6 is 0 Å². The third kappa shape index (κ3) is 5.70. The van der Waals surface area contributed by atoms with Crippen LogP contribution in [0.15, 0.2) is 24.3 Å². The highest BCUT2D eigenvalue weighted by molar-refractivity contribution is 5.93. The molecule has 148 valence electrons. The van der Waals surface area contributed by atoms with E-state index >= 15 is 0 Å². The van der Waals surface area contributed by atoms with E-state index in [9.17, 15) is 14.4 Å². The van der Waals surface area contributed by atoms with Crippen molar-refractivity contribution in [3.05, 3.63) is 24.3 Å². The highest BCUT2D eigenvalue weighted by Crippen LogP contribution is 2.38. The number of carbonyl (C=O) groups excluding carboxylic acids is 3. The van der Waals surface area contributed by atoms with Crippen LogP contribution in [0.1, 0.15) is 45.4 Å². The fourth-order valence-electron chi connectivity index (χ4n) is 3.54. The number of nitrogens with zero attached hydrogens (tertiary/aromatic N) is 1. The van der Waals surface area contributed by atoms with Gasteiger partial charge >= 0.3 is 6.03 Å². The lowest BCUT2D eigenvalue weighted by atomic mass is 9.84. The van der Waals surface area contributed by atoms with Crippen LogP contribution in [-0.4, -0.2) is 43.4 Å². The van der Waals surface area contributed by atoms with E-state index in [-0.39, 0.29) is 17.8 Å². The lowest BCUT2D eigenvalue weighted by Gasteiger charge is -2.30. The molecule has 0 atom stereocenters. The third-order valence-corrected chi connectivity index (χ3v) is 4.89. The monoisotopic (exact) mass is 374 g/mol. The van der Waals surface area contributed by atoms with Gasteiger partial charge in [-0.05, 0) is 37.5 Å². The molecule has 0 unspecified atom stereocenters. The number of anilines is 2. The van der Waals surface area contributed by atoms with Gasteiger partial charge < -0.3 is 20.9 Å². The summed E-state index contributed by atoms with van der Waals surface area (Å²) in [7, 11) is 3.50. The summed E-state index contributed by atoms with van der Waals surface area (Å²) in [5.74, 6) is 0.0189. The number of amides is 4. The zero-order chi connectivity index (χ0) is 19.9. The van der Waals surface area contributed by atoms with E-state index in [0.29, 0.717) is 24.3 Å². The SMILES string of the molecule is CCCC(=O)Nc1cccc(NC(=O)NCC2(C(=O)N(C)C)CCCC2)c1. The van der Waals surface area contributed by atoms with Gasteiger partial charge in [0.15, 0.2) is 0 Å². The lowest BCUT2D eigenvalue weighted by molar-refractivity contribution is -0.138. The molecule has 1 saturated carbocycles. The molecule has 1 aliphatic rings. The molecule has 27 heavy (non-hydrogen) atoms. The Labute approximate surface area is 160 Å². The van der Waals surface area contributed by atoms with Gasteiger partial charge in [0.2, 0.25) is 11.8 Å². The Bertz CT molecular complexity index is 682. The molecule has 4 amide bonds. The van der Waals surface area contributed by atoms with Crippen LogP contribution in [0.3, 0.4) is 0 Å². The average Bonchev–Trinajstić information content (AvgIpc) is 3.10. The van der Waals surface area contributed by atoms with E-state index in [1.165, 1.54) is 0 Å². The first kappa shape index (κ1) is 20.7. The number of carbonyl (C=O) groups is 3. The van der Waals surface area contributed by atoms with E-state index in [1.54, 1.807) is 43.3 Å². The van der Waals surface area contributed by atoms with Crippen molar-refractivity contribution in [2.75, 3.05) is 31.3 Å². The predicted molar refractivity (Wildman–Crippen MR) is 107 cm³/mol. The molecule has 3 N–H and O–H groups in total. The second kappa shape index (κ2) is 9.39. The molecule has 1 aromatic rings. The number of nitrogens with one attached hydrogen (secondary N) is 3.